The van der Waals surface area contributed by atoms with Crippen LogP contribution in [0, 0.1) is 0 Å². The van der Waals surface area contributed by atoms with E-state index in [1.54, 1.807) is 0 Å². The van der Waals surface area contributed by atoms with E-state index in [4.69, 9.17) is 10.5 Å². The summed E-state index contributed by atoms with van der Waals surface area (Å²) in [5, 5.41) is 0. The summed E-state index contributed by atoms with van der Waals surface area (Å²) in [6.07, 6.45) is 4.62. The van der Waals surface area contributed by atoms with Crippen molar-refractivity contribution in [1.29, 1.82) is 0 Å². The summed E-state index contributed by atoms with van der Waals surface area (Å²) in [6, 6.07) is 6.24. The standard InChI is InChI=1S/C15H20N2O/c16-15-4-3-13-9-12(1-2-14(13)10-15)11-17-5-7-18-8-6-17/h3-4,9-10H,1-2,5-8,11,16H2. The van der Waals surface area contributed by atoms with E-state index in [0.717, 1.165) is 51.4 Å². The van der Waals surface area contributed by atoms with E-state index in [1.807, 2.05) is 6.07 Å². The Morgan fingerprint density at radius 3 is 2.83 bits per heavy atom. The second-order valence-electron chi connectivity index (χ2n) is 5.15. The van der Waals surface area contributed by atoms with Gasteiger partial charge in [-0.15, -0.1) is 0 Å². The average Bonchev–Trinajstić information content (AvgIpc) is 2.40. The van der Waals surface area contributed by atoms with Crippen molar-refractivity contribution < 1.29 is 4.74 Å². The minimum absolute atomic E-state index is 0.874. The van der Waals surface area contributed by atoms with Crippen molar-refractivity contribution in [2.45, 2.75) is 12.8 Å². The van der Waals surface area contributed by atoms with E-state index < -0.39 is 0 Å². The lowest BCUT2D eigenvalue weighted by Gasteiger charge is -2.28. The molecule has 1 saturated heterocycles. The molecular formula is C15H20N2O. The highest BCUT2D eigenvalue weighted by molar-refractivity contribution is 5.63. The lowest BCUT2D eigenvalue weighted by atomic mass is 9.91. The number of nitrogen functional groups attached to an aromatic ring is 1. The Labute approximate surface area is 108 Å². The summed E-state index contributed by atoms with van der Waals surface area (Å²) in [7, 11) is 0. The first-order valence-electron chi connectivity index (χ1n) is 6.69. The number of hydrogen-bond acceptors (Lipinski definition) is 3. The number of ether oxygens (including phenoxy) is 1. The maximum absolute atomic E-state index is 5.82. The van der Waals surface area contributed by atoms with Crippen LogP contribution < -0.4 is 5.73 Å². The van der Waals surface area contributed by atoms with Crippen LogP contribution in [0.5, 0.6) is 0 Å². The molecule has 1 aliphatic carbocycles. The molecule has 0 spiro atoms. The van der Waals surface area contributed by atoms with Gasteiger partial charge in [-0.2, -0.15) is 0 Å². The quantitative estimate of drug-likeness (QED) is 0.808. The van der Waals surface area contributed by atoms with Crippen molar-refractivity contribution in [2.24, 2.45) is 0 Å². The topological polar surface area (TPSA) is 38.5 Å². The molecule has 1 aromatic carbocycles. The van der Waals surface area contributed by atoms with E-state index in [0.29, 0.717) is 0 Å². The molecule has 3 heteroatoms. The highest BCUT2D eigenvalue weighted by atomic mass is 16.5. The SMILES string of the molecule is Nc1ccc2c(c1)CCC(CN1CCOCC1)=C2. The average molecular weight is 244 g/mol. The third kappa shape index (κ3) is 2.57. The molecule has 3 nitrogen and oxygen atoms in total. The molecule has 2 N–H and O–H groups in total. The third-order valence-electron chi connectivity index (χ3n) is 3.77. The van der Waals surface area contributed by atoms with Crippen molar-refractivity contribution in [2.75, 3.05) is 38.6 Å². The maximum Gasteiger partial charge on any atom is 0.0594 e. The van der Waals surface area contributed by atoms with Crippen LogP contribution in [0.15, 0.2) is 23.8 Å². The van der Waals surface area contributed by atoms with Crippen LogP contribution in [-0.2, 0) is 11.2 Å². The second-order valence-corrected chi connectivity index (χ2v) is 5.15. The molecule has 0 unspecified atom stereocenters. The van der Waals surface area contributed by atoms with Crippen LogP contribution >= 0.6 is 0 Å². The Morgan fingerprint density at radius 1 is 1.17 bits per heavy atom. The summed E-state index contributed by atoms with van der Waals surface area (Å²) < 4.78 is 5.38. The zero-order valence-corrected chi connectivity index (χ0v) is 10.7. The van der Waals surface area contributed by atoms with Gasteiger partial charge in [0, 0.05) is 25.3 Å². The van der Waals surface area contributed by atoms with E-state index in [9.17, 15) is 0 Å². The molecule has 1 heterocycles. The lowest BCUT2D eigenvalue weighted by molar-refractivity contribution is 0.0420. The minimum atomic E-state index is 0.874. The van der Waals surface area contributed by atoms with E-state index in [-0.39, 0.29) is 0 Å². The summed E-state index contributed by atoms with van der Waals surface area (Å²) in [5.41, 5.74) is 11.0. The molecule has 1 aliphatic heterocycles. The van der Waals surface area contributed by atoms with Crippen molar-refractivity contribution >= 4 is 11.8 Å². The zero-order chi connectivity index (χ0) is 12.4. The molecule has 0 bridgehead atoms. The van der Waals surface area contributed by atoms with Crippen molar-refractivity contribution in [3.63, 3.8) is 0 Å². The first kappa shape index (κ1) is 11.8. The minimum Gasteiger partial charge on any atom is -0.399 e. The molecule has 1 fully saturated rings. The van der Waals surface area contributed by atoms with Gasteiger partial charge in [0.2, 0.25) is 0 Å². The first-order valence-corrected chi connectivity index (χ1v) is 6.69. The molecule has 3 rings (SSSR count). The van der Waals surface area contributed by atoms with Gasteiger partial charge in [-0.25, -0.2) is 0 Å². The number of nitrogens with zero attached hydrogens (tertiary/aromatic N) is 1. The summed E-state index contributed by atoms with van der Waals surface area (Å²) >= 11 is 0. The maximum atomic E-state index is 5.82. The van der Waals surface area contributed by atoms with Gasteiger partial charge in [0.25, 0.3) is 0 Å². The fraction of sp³-hybridized carbons (Fsp3) is 0.467. The monoisotopic (exact) mass is 244 g/mol. The molecule has 0 radical (unpaired) electrons. The number of rotatable bonds is 2. The van der Waals surface area contributed by atoms with Gasteiger partial charge in [0.15, 0.2) is 0 Å². The summed E-state index contributed by atoms with van der Waals surface area (Å²) in [5.74, 6) is 0. The highest BCUT2D eigenvalue weighted by Gasteiger charge is 2.15. The van der Waals surface area contributed by atoms with Crippen LogP contribution in [0.1, 0.15) is 17.5 Å². The van der Waals surface area contributed by atoms with Crippen molar-refractivity contribution in [3.8, 4) is 0 Å². The van der Waals surface area contributed by atoms with Gasteiger partial charge in [-0.1, -0.05) is 17.7 Å². The number of benzene rings is 1. The van der Waals surface area contributed by atoms with Crippen LogP contribution in [0.3, 0.4) is 0 Å². The molecule has 0 amide bonds. The van der Waals surface area contributed by atoms with Gasteiger partial charge in [-0.3, -0.25) is 4.90 Å². The highest BCUT2D eigenvalue weighted by Crippen LogP contribution is 2.26. The number of aryl methyl sites for hydroxylation is 1. The van der Waals surface area contributed by atoms with Gasteiger partial charge in [0.05, 0.1) is 13.2 Å². The predicted molar refractivity (Wildman–Crippen MR) is 74.4 cm³/mol. The van der Waals surface area contributed by atoms with Gasteiger partial charge >= 0.3 is 0 Å². The Hall–Kier alpha value is -1.32. The molecule has 0 aromatic heterocycles. The van der Waals surface area contributed by atoms with Gasteiger partial charge < -0.3 is 10.5 Å². The Kier molecular flexibility index (Phi) is 3.35. The smallest absolute Gasteiger partial charge is 0.0594 e. The van der Waals surface area contributed by atoms with Gasteiger partial charge in [0.1, 0.15) is 0 Å². The van der Waals surface area contributed by atoms with E-state index in [2.05, 4.69) is 23.1 Å². The van der Waals surface area contributed by atoms with E-state index in [1.165, 1.54) is 16.7 Å². The number of morpholine rings is 1. The molecule has 2 aliphatic rings. The molecule has 0 saturated carbocycles. The largest absolute Gasteiger partial charge is 0.399 e. The number of hydrogen-bond donors (Lipinski definition) is 1. The number of nitrogens with two attached hydrogens (primary N) is 1. The zero-order valence-electron chi connectivity index (χ0n) is 10.7. The van der Waals surface area contributed by atoms with Crippen LogP contribution in [0.4, 0.5) is 5.69 Å². The predicted octanol–water partition coefficient (Wildman–Crippen LogP) is 1.93. The van der Waals surface area contributed by atoms with Gasteiger partial charge in [-0.05, 0) is 36.1 Å². The fourth-order valence-electron chi connectivity index (χ4n) is 2.74. The molecule has 1 aromatic rings. The summed E-state index contributed by atoms with van der Waals surface area (Å²) in [4.78, 5) is 2.48. The normalized spacial score (nSPS) is 20.3. The molecule has 18 heavy (non-hydrogen) atoms. The lowest BCUT2D eigenvalue weighted by Crippen LogP contribution is -2.37. The van der Waals surface area contributed by atoms with Crippen LogP contribution in [0.25, 0.3) is 6.08 Å². The third-order valence-corrected chi connectivity index (χ3v) is 3.77. The first-order chi connectivity index (χ1) is 8.81. The van der Waals surface area contributed by atoms with Crippen LogP contribution in [-0.4, -0.2) is 37.7 Å². The molecular weight excluding hydrogens is 224 g/mol. The Balaban J connectivity index is 1.72. The van der Waals surface area contributed by atoms with Crippen molar-refractivity contribution in [1.82, 2.24) is 4.90 Å². The summed E-state index contributed by atoms with van der Waals surface area (Å²) in [6.45, 7) is 4.96. The number of fused-ring (bicyclic) bond motifs is 1. The molecule has 96 valence electrons. The van der Waals surface area contributed by atoms with Crippen molar-refractivity contribution in [3.05, 3.63) is 34.9 Å². The fourth-order valence-corrected chi connectivity index (χ4v) is 2.74. The Bertz CT molecular complexity index is 462. The molecule has 0 atom stereocenters. The second kappa shape index (κ2) is 5.12. The Morgan fingerprint density at radius 2 is 2.00 bits per heavy atom. The van der Waals surface area contributed by atoms with E-state index >= 15 is 0 Å². The number of anilines is 1. The van der Waals surface area contributed by atoms with Crippen LogP contribution in [0.2, 0.25) is 0 Å².